The Labute approximate surface area is 155 Å². The van der Waals surface area contributed by atoms with E-state index in [-0.39, 0.29) is 5.41 Å². The van der Waals surface area contributed by atoms with Crippen molar-refractivity contribution in [3.63, 3.8) is 0 Å². The zero-order chi connectivity index (χ0) is 18.6. The van der Waals surface area contributed by atoms with Crippen LogP contribution in [0.15, 0.2) is 84.9 Å². The lowest BCUT2D eigenvalue weighted by molar-refractivity contribution is 0.497. The molecule has 0 amide bonds. The fourth-order valence-electron chi connectivity index (χ4n) is 2.61. The summed E-state index contributed by atoms with van der Waals surface area (Å²) in [6, 6.07) is 26.5. The highest BCUT2D eigenvalue weighted by Gasteiger charge is 2.28. The molecule has 0 saturated carbocycles. The summed E-state index contributed by atoms with van der Waals surface area (Å²) in [5.74, 6) is 0.577. The van der Waals surface area contributed by atoms with Crippen molar-refractivity contribution in [1.29, 1.82) is 0 Å². The number of benzene rings is 3. The van der Waals surface area contributed by atoms with Crippen LogP contribution in [-0.4, -0.2) is 0 Å². The van der Waals surface area contributed by atoms with E-state index in [9.17, 15) is 4.57 Å². The molecule has 1 atom stereocenters. The lowest BCUT2D eigenvalue weighted by Gasteiger charge is -2.23. The summed E-state index contributed by atoms with van der Waals surface area (Å²) in [5.41, 5.74) is 2.02. The van der Waals surface area contributed by atoms with E-state index in [1.54, 1.807) is 0 Å². The van der Waals surface area contributed by atoms with Crippen LogP contribution in [0.2, 0.25) is 0 Å². The van der Waals surface area contributed by atoms with Gasteiger partial charge in [-0.05, 0) is 47.4 Å². The van der Waals surface area contributed by atoms with Crippen molar-refractivity contribution in [2.24, 2.45) is 0 Å². The van der Waals surface area contributed by atoms with Gasteiger partial charge >= 0.3 is 7.52 Å². The predicted octanol–water partition coefficient (Wildman–Crippen LogP) is 5.99. The zero-order valence-electron chi connectivity index (χ0n) is 15.3. The molecule has 0 aliphatic carbocycles. The maximum Gasteiger partial charge on any atom is 0.371 e. The molecule has 134 valence electrons. The maximum atomic E-state index is 13.7. The molecule has 0 aromatic heterocycles. The Kier molecular flexibility index (Phi) is 5.20. The third-order valence-corrected chi connectivity index (χ3v) is 6.10. The van der Waals surface area contributed by atoms with Crippen LogP contribution in [0.1, 0.15) is 26.3 Å². The van der Waals surface area contributed by atoms with E-state index in [1.165, 1.54) is 5.56 Å². The third kappa shape index (κ3) is 4.36. The van der Waals surface area contributed by atoms with Crippen LogP contribution in [0, 0.1) is 0 Å². The Morgan fingerprint density at radius 2 is 1.31 bits per heavy atom. The largest absolute Gasteiger partial charge is 0.426 e. The first-order valence-electron chi connectivity index (χ1n) is 8.66. The monoisotopic (exact) mass is 365 g/mol. The van der Waals surface area contributed by atoms with Gasteiger partial charge in [-0.25, -0.2) is 4.57 Å². The molecule has 1 unspecified atom stereocenters. The average Bonchev–Trinajstić information content (AvgIpc) is 2.63. The van der Waals surface area contributed by atoms with E-state index in [0.717, 1.165) is 5.69 Å². The van der Waals surface area contributed by atoms with Crippen LogP contribution in [0.3, 0.4) is 0 Å². The molecule has 0 radical (unpaired) electrons. The van der Waals surface area contributed by atoms with Crippen LogP contribution >= 0.6 is 7.52 Å². The predicted molar refractivity (Wildman–Crippen MR) is 110 cm³/mol. The van der Waals surface area contributed by atoms with Gasteiger partial charge in [0.25, 0.3) is 0 Å². The normalized spacial score (nSPS) is 13.7. The topological polar surface area (TPSA) is 38.3 Å². The summed E-state index contributed by atoms with van der Waals surface area (Å²) in [7, 11) is -3.32. The van der Waals surface area contributed by atoms with Crippen molar-refractivity contribution in [3.8, 4) is 5.75 Å². The van der Waals surface area contributed by atoms with Gasteiger partial charge in [-0.1, -0.05) is 69.3 Å². The second-order valence-corrected chi connectivity index (χ2v) is 9.26. The molecule has 0 saturated heterocycles. The van der Waals surface area contributed by atoms with Gasteiger partial charge in [-0.3, -0.25) is 0 Å². The number of hydrogen-bond donors (Lipinski definition) is 1. The third-order valence-electron chi connectivity index (χ3n) is 4.10. The number of nitrogens with one attached hydrogen (secondary N) is 1. The standard InChI is InChI=1S/C22H24NO2P/c1-22(2,3)18-14-16-20(17-15-18)25-26(24,21-12-8-5-9-13-21)23-19-10-6-4-7-11-19/h4-17H,1-3H3,(H,23,24). The molecule has 0 aliphatic rings. The molecule has 1 N–H and O–H groups in total. The summed E-state index contributed by atoms with van der Waals surface area (Å²) in [5, 5.41) is 3.73. The molecule has 0 bridgehead atoms. The Morgan fingerprint density at radius 3 is 1.85 bits per heavy atom. The first-order valence-corrected chi connectivity index (χ1v) is 10.3. The molecule has 4 heteroatoms. The first kappa shape index (κ1) is 18.3. The molecular weight excluding hydrogens is 341 g/mol. The Bertz CT molecular complexity index is 885. The Morgan fingerprint density at radius 1 is 0.769 bits per heavy atom. The van der Waals surface area contributed by atoms with Crippen LogP contribution in [0.25, 0.3) is 0 Å². The molecule has 3 aromatic carbocycles. The van der Waals surface area contributed by atoms with E-state index >= 15 is 0 Å². The van der Waals surface area contributed by atoms with Gasteiger partial charge in [0, 0.05) is 5.69 Å². The molecular formula is C22H24NO2P. The van der Waals surface area contributed by atoms with Crippen LogP contribution in [0.4, 0.5) is 5.69 Å². The van der Waals surface area contributed by atoms with Crippen molar-refractivity contribution in [1.82, 2.24) is 0 Å². The first-order chi connectivity index (χ1) is 12.4. The second kappa shape index (κ2) is 7.39. The van der Waals surface area contributed by atoms with Crippen molar-refractivity contribution < 1.29 is 9.09 Å². The minimum absolute atomic E-state index is 0.0595. The van der Waals surface area contributed by atoms with Gasteiger partial charge in [0.1, 0.15) is 5.75 Å². The van der Waals surface area contributed by atoms with Gasteiger partial charge in [-0.15, -0.1) is 0 Å². The van der Waals surface area contributed by atoms with Crippen molar-refractivity contribution in [3.05, 3.63) is 90.5 Å². The highest BCUT2D eigenvalue weighted by molar-refractivity contribution is 7.68. The number of rotatable bonds is 5. The van der Waals surface area contributed by atoms with E-state index in [0.29, 0.717) is 11.1 Å². The molecule has 26 heavy (non-hydrogen) atoms. The number of anilines is 1. The van der Waals surface area contributed by atoms with E-state index in [1.807, 2.05) is 84.9 Å². The van der Waals surface area contributed by atoms with Crippen molar-refractivity contribution in [2.45, 2.75) is 26.2 Å². The van der Waals surface area contributed by atoms with E-state index in [2.05, 4.69) is 25.9 Å². The van der Waals surface area contributed by atoms with Crippen LogP contribution in [-0.2, 0) is 9.98 Å². The van der Waals surface area contributed by atoms with Crippen LogP contribution < -0.4 is 14.9 Å². The lowest BCUT2D eigenvalue weighted by atomic mass is 9.87. The summed E-state index contributed by atoms with van der Waals surface area (Å²) in [4.78, 5) is 0. The summed E-state index contributed by atoms with van der Waals surface area (Å²) in [6.45, 7) is 6.48. The summed E-state index contributed by atoms with van der Waals surface area (Å²) >= 11 is 0. The van der Waals surface area contributed by atoms with Gasteiger partial charge in [0.15, 0.2) is 0 Å². The number of hydrogen-bond acceptors (Lipinski definition) is 2. The fraction of sp³-hybridized carbons (Fsp3) is 0.182. The van der Waals surface area contributed by atoms with Gasteiger partial charge < -0.3 is 9.61 Å². The minimum Gasteiger partial charge on any atom is -0.426 e. The lowest BCUT2D eigenvalue weighted by Crippen LogP contribution is -2.16. The highest BCUT2D eigenvalue weighted by atomic mass is 31.2. The molecule has 3 aromatic rings. The van der Waals surface area contributed by atoms with E-state index < -0.39 is 7.52 Å². The van der Waals surface area contributed by atoms with Gasteiger partial charge in [0.05, 0.1) is 5.30 Å². The smallest absolute Gasteiger partial charge is 0.371 e. The minimum atomic E-state index is -3.32. The fourth-order valence-corrected chi connectivity index (χ4v) is 4.36. The van der Waals surface area contributed by atoms with Crippen molar-refractivity contribution >= 4 is 18.5 Å². The second-order valence-electron chi connectivity index (χ2n) is 7.23. The molecule has 3 rings (SSSR count). The highest BCUT2D eigenvalue weighted by Crippen LogP contribution is 2.46. The Balaban J connectivity index is 1.93. The van der Waals surface area contributed by atoms with Gasteiger partial charge in [-0.2, -0.15) is 0 Å². The molecule has 0 fully saturated rings. The quantitative estimate of drug-likeness (QED) is 0.564. The zero-order valence-corrected chi connectivity index (χ0v) is 16.2. The molecule has 0 heterocycles. The molecule has 3 nitrogen and oxygen atoms in total. The summed E-state index contributed by atoms with van der Waals surface area (Å²) < 4.78 is 19.7. The van der Waals surface area contributed by atoms with Crippen LogP contribution in [0.5, 0.6) is 5.75 Å². The van der Waals surface area contributed by atoms with E-state index in [4.69, 9.17) is 4.52 Å². The molecule has 0 aliphatic heterocycles. The molecule has 0 spiro atoms. The van der Waals surface area contributed by atoms with Crippen molar-refractivity contribution in [2.75, 3.05) is 5.09 Å². The van der Waals surface area contributed by atoms with Gasteiger partial charge in [0.2, 0.25) is 0 Å². The summed E-state index contributed by atoms with van der Waals surface area (Å²) in [6.07, 6.45) is 0. The maximum absolute atomic E-state index is 13.7. The Hall–Kier alpha value is -2.51. The SMILES string of the molecule is CC(C)(C)c1ccc(OP(=O)(Nc2ccccc2)c2ccccc2)cc1. The average molecular weight is 365 g/mol. The number of para-hydroxylation sites is 1.